The molecule has 1 aliphatic heterocycles. The first kappa shape index (κ1) is 27.0. The largest absolute Gasteiger partial charge is 0.418 e. The van der Waals surface area contributed by atoms with Crippen LogP contribution in [0.25, 0.3) is 0 Å². The lowest BCUT2D eigenvalue weighted by atomic mass is 9.85. The van der Waals surface area contributed by atoms with Gasteiger partial charge >= 0.3 is 6.18 Å². The van der Waals surface area contributed by atoms with E-state index in [1.165, 1.54) is 18.2 Å². The van der Waals surface area contributed by atoms with E-state index in [1.54, 1.807) is 12.1 Å². The van der Waals surface area contributed by atoms with Crippen LogP contribution in [-0.4, -0.2) is 42.0 Å². The Hall–Kier alpha value is -3.05. The fourth-order valence-electron chi connectivity index (χ4n) is 5.21. The zero-order valence-corrected chi connectivity index (χ0v) is 20.3. The minimum absolute atomic E-state index is 0.00553. The summed E-state index contributed by atoms with van der Waals surface area (Å²) in [5, 5.41) is 23.8. The third-order valence-corrected chi connectivity index (χ3v) is 7.36. The van der Waals surface area contributed by atoms with Crippen LogP contribution in [0.4, 0.5) is 34.6 Å². The highest BCUT2D eigenvalue weighted by molar-refractivity contribution is 5.79. The number of nitrogens with one attached hydrogen (secondary N) is 2. The molecule has 2 aromatic rings. The lowest BCUT2D eigenvalue weighted by Crippen LogP contribution is -2.42. The molecular formula is C26H32F4N4O3. The average molecular weight is 525 g/mol. The highest BCUT2D eigenvalue weighted by Gasteiger charge is 2.35. The number of alkyl halides is 3. The van der Waals surface area contributed by atoms with Gasteiger partial charge in [-0.05, 0) is 86.9 Å². The van der Waals surface area contributed by atoms with E-state index in [9.17, 15) is 22.4 Å². The third-order valence-electron chi connectivity index (χ3n) is 7.36. The normalized spacial score (nSPS) is 21.0. The van der Waals surface area contributed by atoms with Crippen molar-refractivity contribution in [1.82, 2.24) is 5.32 Å². The van der Waals surface area contributed by atoms with Gasteiger partial charge in [-0.25, -0.2) is 4.39 Å². The van der Waals surface area contributed by atoms with Gasteiger partial charge in [-0.3, -0.25) is 15.2 Å². The molecular weight excluding hydrogens is 492 g/mol. The van der Waals surface area contributed by atoms with Gasteiger partial charge in [0.15, 0.2) is 0 Å². The molecule has 2 aromatic carbocycles. The van der Waals surface area contributed by atoms with Crippen molar-refractivity contribution >= 4 is 23.0 Å². The lowest BCUT2D eigenvalue weighted by molar-refractivity contribution is -0.138. The Balaban J connectivity index is 1.19. The summed E-state index contributed by atoms with van der Waals surface area (Å²) >= 11 is 0. The Morgan fingerprint density at radius 1 is 0.973 bits per heavy atom. The second kappa shape index (κ2) is 11.6. The maximum absolute atomic E-state index is 13.3. The van der Waals surface area contributed by atoms with Gasteiger partial charge < -0.3 is 15.5 Å². The number of rotatable bonds is 7. The molecule has 0 unspecified atom stereocenters. The van der Waals surface area contributed by atoms with Gasteiger partial charge in [-0.15, -0.1) is 5.23 Å². The van der Waals surface area contributed by atoms with E-state index in [1.807, 2.05) is 0 Å². The molecule has 2 fully saturated rings. The Morgan fingerprint density at radius 3 is 2.22 bits per heavy atom. The third kappa shape index (κ3) is 7.04. The summed E-state index contributed by atoms with van der Waals surface area (Å²) in [6, 6.07) is 9.65. The van der Waals surface area contributed by atoms with Crippen LogP contribution >= 0.6 is 0 Å². The summed E-state index contributed by atoms with van der Waals surface area (Å²) in [4.78, 5) is 14.9. The van der Waals surface area contributed by atoms with E-state index in [0.717, 1.165) is 69.4 Å². The predicted octanol–water partition coefficient (Wildman–Crippen LogP) is 5.43. The van der Waals surface area contributed by atoms with Gasteiger partial charge in [-0.1, -0.05) is 0 Å². The molecule has 1 saturated heterocycles. The smallest absolute Gasteiger partial charge is 0.382 e. The minimum Gasteiger partial charge on any atom is -0.382 e. The Kier molecular flexibility index (Phi) is 8.43. The van der Waals surface area contributed by atoms with Crippen molar-refractivity contribution in [3.63, 3.8) is 0 Å². The van der Waals surface area contributed by atoms with E-state index < -0.39 is 22.7 Å². The zero-order chi connectivity index (χ0) is 26.6. The first-order valence-corrected chi connectivity index (χ1v) is 12.5. The lowest BCUT2D eigenvalue weighted by Gasteiger charge is -2.34. The van der Waals surface area contributed by atoms with Crippen molar-refractivity contribution in [2.45, 2.75) is 50.7 Å². The molecule has 0 radical (unpaired) electrons. The van der Waals surface area contributed by atoms with Crippen molar-refractivity contribution < 1.29 is 32.8 Å². The van der Waals surface area contributed by atoms with Crippen molar-refractivity contribution in [3.8, 4) is 0 Å². The molecule has 11 heteroatoms. The number of nitrogens with zero attached hydrogens (tertiary/aromatic N) is 2. The summed E-state index contributed by atoms with van der Waals surface area (Å²) in [6.45, 7) is 2.07. The Morgan fingerprint density at radius 2 is 1.62 bits per heavy atom. The van der Waals surface area contributed by atoms with Gasteiger partial charge in [0.2, 0.25) is 5.91 Å². The van der Waals surface area contributed by atoms with Crippen LogP contribution in [0.1, 0.15) is 44.1 Å². The van der Waals surface area contributed by atoms with E-state index in [-0.39, 0.29) is 29.4 Å². The molecule has 0 aromatic heterocycles. The van der Waals surface area contributed by atoms with Crippen molar-refractivity contribution in [1.29, 1.82) is 0 Å². The monoisotopic (exact) mass is 524 g/mol. The topological polar surface area (TPSA) is 88.1 Å². The second-order valence-electron chi connectivity index (χ2n) is 9.86. The van der Waals surface area contributed by atoms with Crippen LogP contribution in [0.2, 0.25) is 0 Å². The molecule has 4 rings (SSSR count). The zero-order valence-electron chi connectivity index (χ0n) is 20.3. The van der Waals surface area contributed by atoms with Crippen LogP contribution in [0.15, 0.2) is 42.5 Å². The molecule has 37 heavy (non-hydrogen) atoms. The molecule has 4 N–H and O–H groups in total. The van der Waals surface area contributed by atoms with Crippen LogP contribution < -0.4 is 20.8 Å². The van der Waals surface area contributed by atoms with Gasteiger partial charge in [0.05, 0.1) is 5.56 Å². The second-order valence-corrected chi connectivity index (χ2v) is 9.86. The molecule has 7 nitrogen and oxygen atoms in total. The fraction of sp³-hybridized carbons (Fsp3) is 0.500. The SMILES string of the molecule is O=C(NCC1CCC(Nc2ccc(N(O)O)c(C(F)(F)F)c2)CC1)C1CCN(c2ccc(F)cc2)CC1. The van der Waals surface area contributed by atoms with E-state index >= 15 is 0 Å². The van der Waals surface area contributed by atoms with Crippen LogP contribution in [-0.2, 0) is 11.0 Å². The molecule has 0 bridgehead atoms. The van der Waals surface area contributed by atoms with Crippen molar-refractivity contribution in [3.05, 3.63) is 53.8 Å². The highest BCUT2D eigenvalue weighted by Crippen LogP contribution is 2.38. The quantitative estimate of drug-likeness (QED) is 0.285. The molecule has 1 amide bonds. The number of piperidine rings is 1. The van der Waals surface area contributed by atoms with E-state index in [2.05, 4.69) is 15.5 Å². The molecule has 1 saturated carbocycles. The number of carbonyl (C=O) groups excluding carboxylic acids is 1. The summed E-state index contributed by atoms with van der Waals surface area (Å²) < 4.78 is 53.0. The van der Waals surface area contributed by atoms with E-state index in [0.29, 0.717) is 12.5 Å². The van der Waals surface area contributed by atoms with Crippen molar-refractivity contribution in [2.24, 2.45) is 11.8 Å². The molecule has 202 valence electrons. The number of benzene rings is 2. The number of anilines is 3. The first-order chi connectivity index (χ1) is 17.6. The molecule has 1 aliphatic carbocycles. The van der Waals surface area contributed by atoms with Crippen LogP contribution in [0.3, 0.4) is 0 Å². The standard InChI is InChI=1S/C26H32F4N4O3/c27-19-3-8-22(9-4-19)33-13-11-18(12-14-33)25(35)31-16-17-1-5-20(6-2-17)32-21-7-10-24(34(36)37)23(15-21)26(28,29)30/h3-4,7-10,15,17-18,20,32,36-37H,1-2,5-6,11-14,16H2,(H,31,35). The maximum atomic E-state index is 13.3. The minimum atomic E-state index is -4.73. The number of carbonyl (C=O) groups is 1. The van der Waals surface area contributed by atoms with Crippen LogP contribution in [0, 0.1) is 17.7 Å². The van der Waals surface area contributed by atoms with Gasteiger partial charge in [0.1, 0.15) is 11.5 Å². The maximum Gasteiger partial charge on any atom is 0.418 e. The van der Waals surface area contributed by atoms with Gasteiger partial charge in [0.25, 0.3) is 0 Å². The van der Waals surface area contributed by atoms with Gasteiger partial charge in [-0.2, -0.15) is 13.2 Å². The van der Waals surface area contributed by atoms with Gasteiger partial charge in [0, 0.05) is 43.0 Å². The molecule has 0 atom stereocenters. The summed E-state index contributed by atoms with van der Waals surface area (Å²) in [6.07, 6.45) is -0.0634. The number of amides is 1. The molecule has 0 spiro atoms. The highest BCUT2D eigenvalue weighted by atomic mass is 19.4. The number of halogens is 4. The summed E-state index contributed by atoms with van der Waals surface area (Å²) in [7, 11) is 0. The molecule has 1 heterocycles. The van der Waals surface area contributed by atoms with Crippen molar-refractivity contribution in [2.75, 3.05) is 35.1 Å². The predicted molar refractivity (Wildman–Crippen MR) is 131 cm³/mol. The first-order valence-electron chi connectivity index (χ1n) is 12.5. The Labute approximate surface area is 213 Å². The van der Waals surface area contributed by atoms with E-state index in [4.69, 9.17) is 10.4 Å². The summed E-state index contributed by atoms with van der Waals surface area (Å²) in [5.74, 6) is 0.0517. The molecule has 2 aliphatic rings. The number of hydrogen-bond acceptors (Lipinski definition) is 6. The Bertz CT molecular complexity index is 1050. The van der Waals surface area contributed by atoms with Crippen LogP contribution in [0.5, 0.6) is 0 Å². The fourth-order valence-corrected chi connectivity index (χ4v) is 5.21. The number of hydrogen-bond donors (Lipinski definition) is 4. The average Bonchev–Trinajstić information content (AvgIpc) is 2.88. The summed E-state index contributed by atoms with van der Waals surface area (Å²) in [5.41, 5.74) is -0.650.